The number of benzene rings is 1. The number of hydrogen-bond donors (Lipinski definition) is 2. The van der Waals surface area contributed by atoms with Crippen LogP contribution in [0.25, 0.3) is 5.69 Å². The van der Waals surface area contributed by atoms with Crippen LogP contribution in [0.15, 0.2) is 47.7 Å². The Labute approximate surface area is 149 Å². The van der Waals surface area contributed by atoms with Gasteiger partial charge in [0.15, 0.2) is 5.96 Å². The number of guanidine groups is 1. The first kappa shape index (κ1) is 18.5. The monoisotopic (exact) mass is 413 g/mol. The second-order valence-electron chi connectivity index (χ2n) is 5.41. The molecule has 0 spiro atoms. The average molecular weight is 413 g/mol. The quantitative estimate of drug-likeness (QED) is 0.435. The Morgan fingerprint density at radius 1 is 1.32 bits per heavy atom. The van der Waals surface area contributed by atoms with Gasteiger partial charge in [-0.3, -0.25) is 4.99 Å². The molecule has 0 bridgehead atoms. The lowest BCUT2D eigenvalue weighted by Crippen LogP contribution is -2.33. The van der Waals surface area contributed by atoms with Gasteiger partial charge in [0.05, 0.1) is 5.69 Å². The second kappa shape index (κ2) is 9.45. The van der Waals surface area contributed by atoms with Crippen molar-refractivity contribution >= 4 is 29.9 Å². The van der Waals surface area contributed by atoms with Crippen LogP contribution < -0.4 is 11.1 Å². The molecule has 0 aliphatic carbocycles. The van der Waals surface area contributed by atoms with Gasteiger partial charge in [-0.25, -0.2) is 4.68 Å². The maximum atomic E-state index is 5.80. The van der Waals surface area contributed by atoms with Crippen LogP contribution in [0.1, 0.15) is 19.4 Å². The topological polar surface area (TPSA) is 68.2 Å². The summed E-state index contributed by atoms with van der Waals surface area (Å²) in [5, 5.41) is 7.35. The van der Waals surface area contributed by atoms with E-state index < -0.39 is 0 Å². The molecule has 0 amide bonds. The fourth-order valence-corrected chi connectivity index (χ4v) is 1.91. The van der Waals surface area contributed by atoms with E-state index in [1.807, 2.05) is 16.9 Å². The molecule has 22 heavy (non-hydrogen) atoms. The smallest absolute Gasteiger partial charge is 0.188 e. The van der Waals surface area contributed by atoms with Crippen molar-refractivity contribution in [3.05, 3.63) is 48.3 Å². The molecule has 1 heterocycles. The summed E-state index contributed by atoms with van der Waals surface area (Å²) >= 11 is 0. The fraction of sp³-hybridized carbons (Fsp3) is 0.375. The lowest BCUT2D eigenvalue weighted by atomic mass is 10.1. The zero-order chi connectivity index (χ0) is 15.1. The summed E-state index contributed by atoms with van der Waals surface area (Å²) in [6, 6.07) is 10.3. The van der Waals surface area contributed by atoms with E-state index in [9.17, 15) is 0 Å². The van der Waals surface area contributed by atoms with Crippen molar-refractivity contribution in [2.24, 2.45) is 16.6 Å². The van der Waals surface area contributed by atoms with Gasteiger partial charge in [0.2, 0.25) is 0 Å². The van der Waals surface area contributed by atoms with Crippen molar-refractivity contribution < 1.29 is 0 Å². The van der Waals surface area contributed by atoms with Crippen molar-refractivity contribution in [3.63, 3.8) is 0 Å². The maximum absolute atomic E-state index is 5.80. The van der Waals surface area contributed by atoms with Crippen molar-refractivity contribution in [2.45, 2.75) is 20.3 Å². The van der Waals surface area contributed by atoms with Gasteiger partial charge >= 0.3 is 0 Å². The molecule has 6 heteroatoms. The van der Waals surface area contributed by atoms with Gasteiger partial charge < -0.3 is 11.1 Å². The van der Waals surface area contributed by atoms with Crippen LogP contribution in [-0.4, -0.2) is 28.8 Å². The van der Waals surface area contributed by atoms with E-state index >= 15 is 0 Å². The molecular weight excluding hydrogens is 389 g/mol. The summed E-state index contributed by atoms with van der Waals surface area (Å²) in [5.41, 5.74) is 8.13. The van der Waals surface area contributed by atoms with E-state index in [0.717, 1.165) is 25.2 Å². The van der Waals surface area contributed by atoms with Gasteiger partial charge in [-0.15, -0.1) is 24.0 Å². The standard InChI is InChI=1S/C16H23N5.HI/c1-13(2)12-19-16(17)18-10-8-14-4-6-15(7-5-14)21-11-3-9-20-21;/h3-7,9,11,13H,8,10,12H2,1-2H3,(H3,17,18,19);1H. The first-order chi connectivity index (χ1) is 10.1. The molecule has 1 aromatic heterocycles. The molecule has 0 unspecified atom stereocenters. The Balaban J connectivity index is 0.00000242. The highest BCUT2D eigenvalue weighted by Crippen LogP contribution is 2.08. The Morgan fingerprint density at radius 2 is 2.05 bits per heavy atom. The highest BCUT2D eigenvalue weighted by Gasteiger charge is 1.98. The number of aliphatic imine (C=N–C) groups is 1. The fourth-order valence-electron chi connectivity index (χ4n) is 1.91. The zero-order valence-corrected chi connectivity index (χ0v) is 15.4. The van der Waals surface area contributed by atoms with E-state index in [2.05, 4.69) is 53.5 Å². The van der Waals surface area contributed by atoms with Crippen LogP contribution in [0, 0.1) is 5.92 Å². The lowest BCUT2D eigenvalue weighted by Gasteiger charge is -2.07. The first-order valence-electron chi connectivity index (χ1n) is 7.28. The third-order valence-corrected chi connectivity index (χ3v) is 3.05. The Hall–Kier alpha value is -1.57. The lowest BCUT2D eigenvalue weighted by molar-refractivity contribution is 0.661. The van der Waals surface area contributed by atoms with Gasteiger partial charge in [-0.05, 0) is 36.1 Å². The summed E-state index contributed by atoms with van der Waals surface area (Å²) in [5.74, 6) is 1.05. The van der Waals surface area contributed by atoms with Gasteiger partial charge in [0, 0.05) is 25.5 Å². The number of nitrogens with one attached hydrogen (secondary N) is 1. The van der Waals surface area contributed by atoms with Crippen LogP contribution in [0.5, 0.6) is 0 Å². The van der Waals surface area contributed by atoms with Crippen LogP contribution in [0.3, 0.4) is 0 Å². The Morgan fingerprint density at radius 3 is 2.64 bits per heavy atom. The molecule has 2 rings (SSSR count). The SMILES string of the molecule is CC(C)CN=C(N)NCCc1ccc(-n2cccn2)cc1.I. The molecule has 0 radical (unpaired) electrons. The summed E-state index contributed by atoms with van der Waals surface area (Å²) in [7, 11) is 0. The molecule has 5 nitrogen and oxygen atoms in total. The Kier molecular flexibility index (Phi) is 7.94. The molecule has 120 valence electrons. The minimum atomic E-state index is 0. The summed E-state index contributed by atoms with van der Waals surface area (Å²) in [6.45, 7) is 5.79. The summed E-state index contributed by atoms with van der Waals surface area (Å²) in [4.78, 5) is 4.27. The van der Waals surface area contributed by atoms with E-state index in [1.54, 1.807) is 6.20 Å². The zero-order valence-electron chi connectivity index (χ0n) is 13.1. The molecule has 0 aliphatic heterocycles. The van der Waals surface area contributed by atoms with Crippen LogP contribution in [0.4, 0.5) is 0 Å². The largest absolute Gasteiger partial charge is 0.370 e. The predicted octanol–water partition coefficient (Wildman–Crippen LogP) is 2.59. The van der Waals surface area contributed by atoms with E-state index in [1.165, 1.54) is 5.56 Å². The minimum Gasteiger partial charge on any atom is -0.370 e. The molecule has 0 saturated carbocycles. The van der Waals surface area contributed by atoms with E-state index in [0.29, 0.717) is 11.9 Å². The first-order valence-corrected chi connectivity index (χ1v) is 7.28. The molecule has 0 atom stereocenters. The Bertz CT molecular complexity index is 561. The van der Waals surface area contributed by atoms with Gasteiger partial charge in [0.1, 0.15) is 0 Å². The molecule has 2 aromatic rings. The number of aromatic nitrogens is 2. The van der Waals surface area contributed by atoms with Gasteiger partial charge in [-0.1, -0.05) is 26.0 Å². The highest BCUT2D eigenvalue weighted by atomic mass is 127. The van der Waals surface area contributed by atoms with Crippen LogP contribution in [0.2, 0.25) is 0 Å². The molecule has 0 saturated heterocycles. The summed E-state index contributed by atoms with van der Waals surface area (Å²) in [6.07, 6.45) is 4.62. The van der Waals surface area contributed by atoms with Crippen LogP contribution in [-0.2, 0) is 6.42 Å². The molecule has 0 aliphatic rings. The van der Waals surface area contributed by atoms with Crippen LogP contribution >= 0.6 is 24.0 Å². The van der Waals surface area contributed by atoms with Crippen molar-refractivity contribution in [3.8, 4) is 5.69 Å². The molecule has 3 N–H and O–H groups in total. The number of hydrogen-bond acceptors (Lipinski definition) is 2. The highest BCUT2D eigenvalue weighted by molar-refractivity contribution is 14.0. The van der Waals surface area contributed by atoms with Gasteiger partial charge in [-0.2, -0.15) is 5.10 Å². The number of nitrogens with zero attached hydrogens (tertiary/aromatic N) is 3. The van der Waals surface area contributed by atoms with Gasteiger partial charge in [0.25, 0.3) is 0 Å². The van der Waals surface area contributed by atoms with Crippen molar-refractivity contribution in [1.29, 1.82) is 0 Å². The number of rotatable bonds is 6. The van der Waals surface area contributed by atoms with Crippen molar-refractivity contribution in [2.75, 3.05) is 13.1 Å². The normalized spacial score (nSPS) is 11.3. The number of nitrogens with two attached hydrogens (primary N) is 1. The minimum absolute atomic E-state index is 0. The molecule has 1 aromatic carbocycles. The second-order valence-corrected chi connectivity index (χ2v) is 5.41. The molecular formula is C16H24IN5. The van der Waals surface area contributed by atoms with E-state index in [-0.39, 0.29) is 24.0 Å². The third kappa shape index (κ3) is 6.05. The average Bonchev–Trinajstić information content (AvgIpc) is 3.00. The van der Waals surface area contributed by atoms with E-state index in [4.69, 9.17) is 5.73 Å². The maximum Gasteiger partial charge on any atom is 0.188 e. The third-order valence-electron chi connectivity index (χ3n) is 3.05. The van der Waals surface area contributed by atoms with Crippen molar-refractivity contribution in [1.82, 2.24) is 15.1 Å². The summed E-state index contributed by atoms with van der Waals surface area (Å²) < 4.78 is 1.85. The number of halogens is 1. The molecule has 0 fully saturated rings. The predicted molar refractivity (Wildman–Crippen MR) is 102 cm³/mol.